The highest BCUT2D eigenvalue weighted by Crippen LogP contribution is 2.21. The molecule has 0 amide bonds. The summed E-state index contributed by atoms with van der Waals surface area (Å²) < 4.78 is 35.1. The smallest absolute Gasteiger partial charge is 0.503 e. The second-order valence-electron chi connectivity index (χ2n) is 2.74. The van der Waals surface area contributed by atoms with Crippen LogP contribution < -0.4 is 0 Å². The molecule has 0 saturated carbocycles. The molecule has 0 spiro atoms. The van der Waals surface area contributed by atoms with Gasteiger partial charge in [0.2, 0.25) is 0 Å². The molecule has 76 valence electrons. The number of nitrogens with zero attached hydrogens (tertiary/aromatic N) is 1. The summed E-state index contributed by atoms with van der Waals surface area (Å²) in [5.41, 5.74) is 0.568. The van der Waals surface area contributed by atoms with Crippen molar-refractivity contribution in [3.8, 4) is 5.75 Å². The number of aliphatic imine (C=N–C) groups is 1. The zero-order valence-corrected chi connectivity index (χ0v) is 7.34. The van der Waals surface area contributed by atoms with Gasteiger partial charge in [0.25, 0.3) is 0 Å². The van der Waals surface area contributed by atoms with Gasteiger partial charge in [0.1, 0.15) is 5.75 Å². The van der Waals surface area contributed by atoms with E-state index in [1.807, 2.05) is 0 Å². The van der Waals surface area contributed by atoms with Crippen LogP contribution in [0.5, 0.6) is 5.75 Å². The fourth-order valence-corrected chi connectivity index (χ4v) is 0.929. The molecule has 0 aliphatic rings. The van der Waals surface area contributed by atoms with Crippen LogP contribution in [0.25, 0.3) is 0 Å². The second kappa shape index (κ2) is 3.69. The zero-order chi connectivity index (χ0) is 10.8. The molecule has 1 aromatic carbocycles. The monoisotopic (exact) mass is 203 g/mol. The molecule has 0 fully saturated rings. The molecule has 0 aromatic heterocycles. The van der Waals surface area contributed by atoms with Crippen LogP contribution in [0.15, 0.2) is 23.2 Å². The molecule has 0 unspecified atom stereocenters. The van der Waals surface area contributed by atoms with Crippen molar-refractivity contribution < 1.29 is 18.3 Å². The summed E-state index contributed by atoms with van der Waals surface area (Å²) >= 11 is 0. The average molecular weight is 203 g/mol. The van der Waals surface area contributed by atoms with Crippen molar-refractivity contribution in [1.29, 1.82) is 0 Å². The first-order valence-electron chi connectivity index (χ1n) is 3.81. The van der Waals surface area contributed by atoms with Gasteiger partial charge in [-0.25, -0.2) is 0 Å². The quantitative estimate of drug-likeness (QED) is 0.552. The van der Waals surface area contributed by atoms with Crippen LogP contribution in [0, 0.1) is 6.92 Å². The van der Waals surface area contributed by atoms with Gasteiger partial charge in [-0.2, -0.15) is 4.99 Å². The Morgan fingerprint density at radius 2 is 2.00 bits per heavy atom. The van der Waals surface area contributed by atoms with E-state index in [0.717, 1.165) is 0 Å². The normalized spacial score (nSPS) is 12.3. The van der Waals surface area contributed by atoms with E-state index in [1.54, 1.807) is 19.1 Å². The molecule has 0 saturated heterocycles. The lowest BCUT2D eigenvalue weighted by molar-refractivity contribution is -0.119. The van der Waals surface area contributed by atoms with Gasteiger partial charge in [0, 0.05) is 11.8 Å². The van der Waals surface area contributed by atoms with E-state index in [9.17, 15) is 18.3 Å². The lowest BCUT2D eigenvalue weighted by Crippen LogP contribution is -2.02. The number of hydrogen-bond acceptors (Lipinski definition) is 2. The van der Waals surface area contributed by atoms with Gasteiger partial charge in [0.15, 0.2) is 0 Å². The fraction of sp³-hybridized carbons (Fsp3) is 0.222. The first kappa shape index (κ1) is 10.6. The molecular formula is C9H8F3NO. The van der Waals surface area contributed by atoms with E-state index >= 15 is 0 Å². The van der Waals surface area contributed by atoms with E-state index in [1.165, 1.54) is 6.07 Å². The van der Waals surface area contributed by atoms with E-state index in [4.69, 9.17) is 0 Å². The van der Waals surface area contributed by atoms with E-state index < -0.39 is 6.30 Å². The van der Waals surface area contributed by atoms with Gasteiger partial charge in [0.05, 0.1) is 0 Å². The maximum atomic E-state index is 11.7. The van der Waals surface area contributed by atoms with Crippen LogP contribution in [0.3, 0.4) is 0 Å². The fourth-order valence-electron chi connectivity index (χ4n) is 0.929. The summed E-state index contributed by atoms with van der Waals surface area (Å²) in [7, 11) is 0. The molecule has 5 heteroatoms. The van der Waals surface area contributed by atoms with Crippen LogP contribution in [0.1, 0.15) is 11.1 Å². The van der Waals surface area contributed by atoms with Crippen LogP contribution >= 0.6 is 0 Å². The summed E-state index contributed by atoms with van der Waals surface area (Å²) in [5, 5.41) is 9.34. The van der Waals surface area contributed by atoms with Gasteiger partial charge in [-0.3, -0.25) is 0 Å². The Hall–Kier alpha value is -1.52. The van der Waals surface area contributed by atoms with Crippen LogP contribution in [0.4, 0.5) is 13.2 Å². The number of phenolic OH excluding ortho intramolecular Hbond substituents is 1. The standard InChI is InChI=1S/C9H8F3NO/c1-6-3-2-4-7(8(6)14)5-13-9(10,11)12/h2-5,14H,1H3/b13-5+. The average Bonchev–Trinajstić information content (AvgIpc) is 2.06. The Morgan fingerprint density at radius 3 is 2.57 bits per heavy atom. The highest BCUT2D eigenvalue weighted by atomic mass is 19.4. The molecule has 1 aromatic rings. The molecule has 0 radical (unpaired) electrons. The molecule has 1 N–H and O–H groups in total. The molecule has 2 nitrogen and oxygen atoms in total. The molecule has 14 heavy (non-hydrogen) atoms. The highest BCUT2D eigenvalue weighted by Gasteiger charge is 2.24. The third kappa shape index (κ3) is 2.76. The Labute approximate surface area is 78.7 Å². The van der Waals surface area contributed by atoms with Gasteiger partial charge in [-0.1, -0.05) is 12.1 Å². The number of phenols is 1. The van der Waals surface area contributed by atoms with Gasteiger partial charge >= 0.3 is 6.30 Å². The molecule has 0 heterocycles. The first-order valence-corrected chi connectivity index (χ1v) is 3.81. The van der Waals surface area contributed by atoms with E-state index in [2.05, 4.69) is 4.99 Å². The van der Waals surface area contributed by atoms with Crippen molar-refractivity contribution >= 4 is 6.21 Å². The predicted molar refractivity (Wildman–Crippen MR) is 46.5 cm³/mol. The Kier molecular flexibility index (Phi) is 2.78. The number of alkyl halides is 3. The summed E-state index contributed by atoms with van der Waals surface area (Å²) in [5.74, 6) is -0.180. The minimum Gasteiger partial charge on any atom is -0.507 e. The van der Waals surface area contributed by atoms with Crippen molar-refractivity contribution in [1.82, 2.24) is 0 Å². The topological polar surface area (TPSA) is 32.6 Å². The van der Waals surface area contributed by atoms with E-state index in [-0.39, 0.29) is 11.3 Å². The van der Waals surface area contributed by atoms with Crippen LogP contribution in [-0.2, 0) is 0 Å². The molecular weight excluding hydrogens is 195 g/mol. The molecule has 0 aliphatic heterocycles. The highest BCUT2D eigenvalue weighted by molar-refractivity contribution is 5.84. The zero-order valence-electron chi connectivity index (χ0n) is 7.34. The van der Waals surface area contributed by atoms with Crippen molar-refractivity contribution in [2.45, 2.75) is 13.2 Å². The van der Waals surface area contributed by atoms with Crippen molar-refractivity contribution in [2.24, 2.45) is 4.99 Å². The van der Waals surface area contributed by atoms with Gasteiger partial charge in [-0.05, 0) is 18.6 Å². The van der Waals surface area contributed by atoms with Crippen molar-refractivity contribution in [3.63, 3.8) is 0 Å². The first-order chi connectivity index (χ1) is 6.40. The summed E-state index contributed by atoms with van der Waals surface area (Å²) in [6.45, 7) is 1.60. The summed E-state index contributed by atoms with van der Waals surface area (Å²) in [4.78, 5) is 2.34. The van der Waals surface area contributed by atoms with Crippen molar-refractivity contribution in [2.75, 3.05) is 0 Å². The Bertz CT molecular complexity index is 358. The SMILES string of the molecule is Cc1cccc(/C=N/C(F)(F)F)c1O. The number of rotatable bonds is 1. The Balaban J connectivity index is 2.98. The summed E-state index contributed by atoms with van der Waals surface area (Å²) in [6.07, 6.45) is -4.00. The predicted octanol–water partition coefficient (Wildman–Crippen LogP) is 2.64. The molecule has 0 atom stereocenters. The minimum atomic E-state index is -4.60. The van der Waals surface area contributed by atoms with E-state index in [0.29, 0.717) is 11.8 Å². The third-order valence-corrected chi connectivity index (χ3v) is 1.62. The van der Waals surface area contributed by atoms with Gasteiger partial charge < -0.3 is 5.11 Å². The van der Waals surface area contributed by atoms with Crippen LogP contribution in [-0.4, -0.2) is 17.6 Å². The van der Waals surface area contributed by atoms with Crippen LogP contribution in [0.2, 0.25) is 0 Å². The number of hydrogen-bond donors (Lipinski definition) is 1. The maximum Gasteiger partial charge on any atom is 0.503 e. The second-order valence-corrected chi connectivity index (χ2v) is 2.74. The lowest BCUT2D eigenvalue weighted by atomic mass is 10.1. The summed E-state index contributed by atoms with van der Waals surface area (Å²) in [6, 6.07) is 4.50. The van der Waals surface area contributed by atoms with Gasteiger partial charge in [-0.15, -0.1) is 13.2 Å². The minimum absolute atomic E-state index is 0.0577. The molecule has 1 rings (SSSR count). The maximum absolute atomic E-state index is 11.7. The number of aromatic hydroxyl groups is 1. The third-order valence-electron chi connectivity index (χ3n) is 1.62. The number of aryl methyl sites for hydroxylation is 1. The number of halogens is 3. The number of benzene rings is 1. The van der Waals surface area contributed by atoms with Crippen molar-refractivity contribution in [3.05, 3.63) is 29.3 Å². The largest absolute Gasteiger partial charge is 0.507 e. The molecule has 0 bridgehead atoms. The molecule has 0 aliphatic carbocycles. The lowest BCUT2D eigenvalue weighted by Gasteiger charge is -2.02. The number of para-hydroxylation sites is 1. The Morgan fingerprint density at radius 1 is 1.36 bits per heavy atom.